The Bertz CT molecular complexity index is 626. The standard InChI is InChI=1S/C12H10BrN3O3/c1-7-3-4-9(16(17)18)5-10(7)19-12-6-11(13)14-8(2)15-12/h3-6H,1-2H3. The molecule has 0 spiro atoms. The van der Waals surface area contributed by atoms with E-state index in [4.69, 9.17) is 4.74 Å². The number of halogens is 1. The Labute approximate surface area is 117 Å². The van der Waals surface area contributed by atoms with Gasteiger partial charge in [0.25, 0.3) is 5.69 Å². The van der Waals surface area contributed by atoms with Crippen molar-refractivity contribution in [3.8, 4) is 11.6 Å². The molecule has 0 bridgehead atoms. The summed E-state index contributed by atoms with van der Waals surface area (Å²) in [4.78, 5) is 18.5. The number of non-ortho nitro benzene ring substituents is 1. The van der Waals surface area contributed by atoms with Gasteiger partial charge in [0.2, 0.25) is 5.88 Å². The lowest BCUT2D eigenvalue weighted by atomic mass is 10.2. The van der Waals surface area contributed by atoms with Gasteiger partial charge >= 0.3 is 0 Å². The quantitative estimate of drug-likeness (QED) is 0.490. The Morgan fingerprint density at radius 3 is 2.63 bits per heavy atom. The number of hydrogen-bond acceptors (Lipinski definition) is 5. The maximum absolute atomic E-state index is 10.7. The van der Waals surface area contributed by atoms with Crippen molar-refractivity contribution in [2.45, 2.75) is 13.8 Å². The van der Waals surface area contributed by atoms with E-state index >= 15 is 0 Å². The van der Waals surface area contributed by atoms with Gasteiger partial charge in [-0.25, -0.2) is 4.98 Å². The van der Waals surface area contributed by atoms with Gasteiger partial charge < -0.3 is 4.74 Å². The zero-order valence-corrected chi connectivity index (χ0v) is 11.8. The van der Waals surface area contributed by atoms with Crippen LogP contribution in [0.3, 0.4) is 0 Å². The fourth-order valence-corrected chi connectivity index (χ4v) is 1.94. The second kappa shape index (κ2) is 5.31. The second-order valence-corrected chi connectivity index (χ2v) is 4.70. The molecule has 0 radical (unpaired) electrons. The first kappa shape index (κ1) is 13.4. The van der Waals surface area contributed by atoms with E-state index in [0.717, 1.165) is 5.56 Å². The van der Waals surface area contributed by atoms with Gasteiger partial charge in [0.1, 0.15) is 16.2 Å². The van der Waals surface area contributed by atoms with E-state index < -0.39 is 4.92 Å². The number of benzene rings is 1. The van der Waals surface area contributed by atoms with Crippen molar-refractivity contribution in [1.29, 1.82) is 0 Å². The average molecular weight is 324 g/mol. The highest BCUT2D eigenvalue weighted by Gasteiger charge is 2.11. The van der Waals surface area contributed by atoms with Crippen molar-refractivity contribution in [2.75, 3.05) is 0 Å². The number of hydrogen-bond donors (Lipinski definition) is 0. The van der Waals surface area contributed by atoms with Gasteiger partial charge in [-0.15, -0.1) is 0 Å². The van der Waals surface area contributed by atoms with Gasteiger partial charge in [0.05, 0.1) is 11.0 Å². The van der Waals surface area contributed by atoms with Gasteiger partial charge in [-0.2, -0.15) is 4.98 Å². The van der Waals surface area contributed by atoms with Gasteiger partial charge in [-0.3, -0.25) is 10.1 Å². The molecule has 0 amide bonds. The Morgan fingerprint density at radius 1 is 1.26 bits per heavy atom. The molecule has 0 fully saturated rings. The molecule has 19 heavy (non-hydrogen) atoms. The average Bonchev–Trinajstić information content (AvgIpc) is 2.30. The first-order valence-corrected chi connectivity index (χ1v) is 6.19. The Hall–Kier alpha value is -2.02. The molecule has 0 N–H and O–H groups in total. The predicted molar refractivity (Wildman–Crippen MR) is 72.4 cm³/mol. The van der Waals surface area contributed by atoms with Crippen LogP contribution in [0.2, 0.25) is 0 Å². The lowest BCUT2D eigenvalue weighted by Gasteiger charge is -2.08. The minimum atomic E-state index is -0.465. The summed E-state index contributed by atoms with van der Waals surface area (Å²) in [5, 5.41) is 10.7. The van der Waals surface area contributed by atoms with Gasteiger partial charge in [0, 0.05) is 12.1 Å². The second-order valence-electron chi connectivity index (χ2n) is 3.89. The third kappa shape index (κ3) is 3.25. The molecule has 0 atom stereocenters. The highest BCUT2D eigenvalue weighted by Crippen LogP contribution is 2.28. The van der Waals surface area contributed by atoms with Gasteiger partial charge in [-0.05, 0) is 41.4 Å². The molecular formula is C12H10BrN3O3. The maximum atomic E-state index is 10.7. The minimum Gasteiger partial charge on any atom is -0.438 e. The summed E-state index contributed by atoms with van der Waals surface area (Å²) < 4.78 is 6.17. The maximum Gasteiger partial charge on any atom is 0.273 e. The SMILES string of the molecule is Cc1nc(Br)cc(Oc2cc([N+](=O)[O-])ccc2C)n1. The highest BCUT2D eigenvalue weighted by molar-refractivity contribution is 9.10. The highest BCUT2D eigenvalue weighted by atomic mass is 79.9. The van der Waals surface area contributed by atoms with E-state index in [-0.39, 0.29) is 5.69 Å². The Balaban J connectivity index is 2.37. The number of nitrogens with zero attached hydrogens (tertiary/aromatic N) is 3. The van der Waals surface area contributed by atoms with E-state index in [9.17, 15) is 10.1 Å². The summed E-state index contributed by atoms with van der Waals surface area (Å²) in [5.74, 6) is 1.29. The van der Waals surface area contributed by atoms with E-state index in [0.29, 0.717) is 22.1 Å². The van der Waals surface area contributed by atoms with Crippen molar-refractivity contribution < 1.29 is 9.66 Å². The third-order valence-electron chi connectivity index (χ3n) is 2.38. The van der Waals surface area contributed by atoms with Crippen LogP contribution in [0.15, 0.2) is 28.9 Å². The normalized spacial score (nSPS) is 10.3. The van der Waals surface area contributed by atoms with Crippen molar-refractivity contribution >= 4 is 21.6 Å². The van der Waals surface area contributed by atoms with E-state index in [2.05, 4.69) is 25.9 Å². The van der Waals surface area contributed by atoms with Crippen LogP contribution >= 0.6 is 15.9 Å². The molecule has 0 aliphatic rings. The first-order valence-electron chi connectivity index (χ1n) is 5.40. The number of rotatable bonds is 3. The van der Waals surface area contributed by atoms with Crippen LogP contribution < -0.4 is 4.74 Å². The summed E-state index contributed by atoms with van der Waals surface area (Å²) in [5.41, 5.74) is 0.767. The van der Waals surface area contributed by atoms with Crippen molar-refractivity contribution in [3.63, 3.8) is 0 Å². The van der Waals surface area contributed by atoms with Crippen molar-refractivity contribution in [1.82, 2.24) is 9.97 Å². The van der Waals surface area contributed by atoms with Crippen LogP contribution in [0.5, 0.6) is 11.6 Å². The molecule has 0 unspecified atom stereocenters. The molecule has 7 heteroatoms. The minimum absolute atomic E-state index is 0.0227. The zero-order chi connectivity index (χ0) is 14.0. The lowest BCUT2D eigenvalue weighted by molar-refractivity contribution is -0.384. The molecule has 0 aliphatic carbocycles. The first-order chi connectivity index (χ1) is 8.95. The number of aromatic nitrogens is 2. The van der Waals surface area contributed by atoms with Crippen molar-refractivity contribution in [2.24, 2.45) is 0 Å². The summed E-state index contributed by atoms with van der Waals surface area (Å²) in [6.45, 7) is 3.54. The molecule has 2 aromatic rings. The van der Waals surface area contributed by atoms with E-state index in [1.807, 2.05) is 6.92 Å². The number of ether oxygens (including phenoxy) is 1. The molecule has 1 heterocycles. The fraction of sp³-hybridized carbons (Fsp3) is 0.167. The molecule has 1 aromatic heterocycles. The van der Waals surface area contributed by atoms with Gasteiger partial charge in [0.15, 0.2) is 0 Å². The summed E-state index contributed by atoms with van der Waals surface area (Å²) in [6.07, 6.45) is 0. The van der Waals surface area contributed by atoms with E-state index in [1.165, 1.54) is 12.1 Å². The smallest absolute Gasteiger partial charge is 0.273 e. The summed E-state index contributed by atoms with van der Waals surface area (Å²) >= 11 is 3.24. The monoisotopic (exact) mass is 323 g/mol. The van der Waals surface area contributed by atoms with E-state index in [1.54, 1.807) is 19.1 Å². The number of nitro benzene ring substituents is 1. The van der Waals surface area contributed by atoms with Crippen LogP contribution in [0.4, 0.5) is 5.69 Å². The fourth-order valence-electron chi connectivity index (χ4n) is 1.48. The van der Waals surface area contributed by atoms with Crippen LogP contribution in [0, 0.1) is 24.0 Å². The molecule has 1 aromatic carbocycles. The van der Waals surface area contributed by atoms with Crippen LogP contribution in [-0.4, -0.2) is 14.9 Å². The molecule has 98 valence electrons. The molecule has 0 aliphatic heterocycles. The molecule has 6 nitrogen and oxygen atoms in total. The molecule has 0 saturated carbocycles. The van der Waals surface area contributed by atoms with Crippen molar-refractivity contribution in [3.05, 3.63) is 50.4 Å². The predicted octanol–water partition coefficient (Wildman–Crippen LogP) is 3.56. The Morgan fingerprint density at radius 2 is 2.00 bits per heavy atom. The number of nitro groups is 1. The lowest BCUT2D eigenvalue weighted by Crippen LogP contribution is -1.96. The third-order valence-corrected chi connectivity index (χ3v) is 2.79. The Kier molecular flexibility index (Phi) is 3.75. The topological polar surface area (TPSA) is 78.2 Å². The molecule has 0 saturated heterocycles. The number of aryl methyl sites for hydroxylation is 2. The molecule has 2 rings (SSSR count). The zero-order valence-electron chi connectivity index (χ0n) is 10.3. The summed E-state index contributed by atoms with van der Waals surface area (Å²) in [6, 6.07) is 6.05. The largest absolute Gasteiger partial charge is 0.438 e. The van der Waals surface area contributed by atoms with Gasteiger partial charge in [-0.1, -0.05) is 0 Å². The van der Waals surface area contributed by atoms with Crippen LogP contribution in [0.1, 0.15) is 11.4 Å². The molecular weight excluding hydrogens is 314 g/mol. The van der Waals surface area contributed by atoms with Crippen LogP contribution in [0.25, 0.3) is 0 Å². The van der Waals surface area contributed by atoms with Crippen LogP contribution in [-0.2, 0) is 0 Å². The summed E-state index contributed by atoms with van der Waals surface area (Å²) in [7, 11) is 0.